The van der Waals surface area contributed by atoms with Crippen LogP contribution in [0.15, 0.2) is 0 Å². The molecule has 1 saturated heterocycles. The standard InChI is InChI=1S/C13H29N3/c1-12(6-4-7-14)10-16-9-5-8-15(3)11-13(16)2/h12-13H,4-11,14H2,1-3H3. The zero-order chi connectivity index (χ0) is 12.0. The highest BCUT2D eigenvalue weighted by Crippen LogP contribution is 2.13. The van der Waals surface area contributed by atoms with E-state index in [1.54, 1.807) is 0 Å². The molecule has 0 aromatic heterocycles. The first kappa shape index (κ1) is 13.9. The Kier molecular flexibility index (Phi) is 6.32. The van der Waals surface area contributed by atoms with Gasteiger partial charge in [0.2, 0.25) is 0 Å². The summed E-state index contributed by atoms with van der Waals surface area (Å²) in [6.07, 6.45) is 3.75. The molecule has 2 unspecified atom stereocenters. The van der Waals surface area contributed by atoms with Crippen LogP contribution in [0.3, 0.4) is 0 Å². The van der Waals surface area contributed by atoms with Gasteiger partial charge < -0.3 is 10.6 Å². The van der Waals surface area contributed by atoms with Crippen molar-refractivity contribution in [1.82, 2.24) is 9.80 Å². The number of hydrogen-bond acceptors (Lipinski definition) is 3. The van der Waals surface area contributed by atoms with Gasteiger partial charge in [-0.25, -0.2) is 0 Å². The van der Waals surface area contributed by atoms with E-state index in [0.717, 1.165) is 12.5 Å². The fraction of sp³-hybridized carbons (Fsp3) is 1.00. The van der Waals surface area contributed by atoms with Crippen molar-refractivity contribution in [3.05, 3.63) is 0 Å². The molecular formula is C13H29N3. The van der Waals surface area contributed by atoms with E-state index in [4.69, 9.17) is 5.73 Å². The van der Waals surface area contributed by atoms with E-state index in [-0.39, 0.29) is 0 Å². The van der Waals surface area contributed by atoms with Crippen molar-refractivity contribution in [2.24, 2.45) is 11.7 Å². The lowest BCUT2D eigenvalue weighted by molar-refractivity contribution is 0.174. The molecule has 1 heterocycles. The number of rotatable bonds is 5. The van der Waals surface area contributed by atoms with E-state index in [9.17, 15) is 0 Å². The number of hydrogen-bond donors (Lipinski definition) is 1. The molecule has 0 radical (unpaired) electrons. The van der Waals surface area contributed by atoms with Crippen LogP contribution in [0.25, 0.3) is 0 Å². The zero-order valence-electron chi connectivity index (χ0n) is 11.3. The molecule has 0 aromatic carbocycles. The van der Waals surface area contributed by atoms with Gasteiger partial charge in [-0.3, -0.25) is 4.90 Å². The Morgan fingerprint density at radius 1 is 1.38 bits per heavy atom. The third kappa shape index (κ3) is 4.81. The monoisotopic (exact) mass is 227 g/mol. The molecule has 1 aliphatic heterocycles. The maximum absolute atomic E-state index is 5.56. The molecule has 0 spiro atoms. The highest BCUT2D eigenvalue weighted by Gasteiger charge is 2.20. The van der Waals surface area contributed by atoms with E-state index in [0.29, 0.717) is 6.04 Å². The SMILES string of the molecule is CC(CCCN)CN1CCCN(C)CC1C. The van der Waals surface area contributed by atoms with Gasteiger partial charge in [0, 0.05) is 19.1 Å². The van der Waals surface area contributed by atoms with Crippen molar-refractivity contribution in [2.45, 2.75) is 39.2 Å². The Hall–Kier alpha value is -0.120. The molecule has 2 N–H and O–H groups in total. The molecule has 0 aliphatic carbocycles. The van der Waals surface area contributed by atoms with Crippen LogP contribution < -0.4 is 5.73 Å². The second-order valence-corrected chi connectivity index (χ2v) is 5.50. The van der Waals surface area contributed by atoms with Gasteiger partial charge in [-0.1, -0.05) is 6.92 Å². The predicted molar refractivity (Wildman–Crippen MR) is 70.6 cm³/mol. The van der Waals surface area contributed by atoms with Crippen LogP contribution in [-0.2, 0) is 0 Å². The highest BCUT2D eigenvalue weighted by molar-refractivity contribution is 4.76. The third-order valence-corrected chi connectivity index (χ3v) is 3.63. The van der Waals surface area contributed by atoms with Gasteiger partial charge in [0.15, 0.2) is 0 Å². The van der Waals surface area contributed by atoms with Gasteiger partial charge in [0.25, 0.3) is 0 Å². The Morgan fingerprint density at radius 3 is 2.81 bits per heavy atom. The highest BCUT2D eigenvalue weighted by atomic mass is 15.2. The average Bonchev–Trinajstić information content (AvgIpc) is 2.38. The van der Waals surface area contributed by atoms with Crippen molar-refractivity contribution >= 4 is 0 Å². The second kappa shape index (κ2) is 7.25. The Morgan fingerprint density at radius 2 is 2.12 bits per heavy atom. The van der Waals surface area contributed by atoms with Crippen molar-refractivity contribution < 1.29 is 0 Å². The zero-order valence-corrected chi connectivity index (χ0v) is 11.3. The Labute approximate surface area is 101 Å². The minimum atomic E-state index is 0.702. The molecule has 1 fully saturated rings. The summed E-state index contributed by atoms with van der Waals surface area (Å²) in [7, 11) is 2.23. The molecule has 0 amide bonds. The van der Waals surface area contributed by atoms with Crippen LogP contribution in [0.4, 0.5) is 0 Å². The van der Waals surface area contributed by atoms with E-state index < -0.39 is 0 Å². The van der Waals surface area contributed by atoms with Crippen molar-refractivity contribution in [1.29, 1.82) is 0 Å². The number of likely N-dealkylation sites (N-methyl/N-ethyl adjacent to an activating group) is 1. The van der Waals surface area contributed by atoms with Crippen molar-refractivity contribution in [3.63, 3.8) is 0 Å². The molecule has 2 atom stereocenters. The largest absolute Gasteiger partial charge is 0.330 e. The Balaban J connectivity index is 2.33. The van der Waals surface area contributed by atoms with E-state index in [1.165, 1.54) is 45.4 Å². The Bertz CT molecular complexity index is 184. The fourth-order valence-corrected chi connectivity index (χ4v) is 2.65. The smallest absolute Gasteiger partial charge is 0.0194 e. The summed E-state index contributed by atoms with van der Waals surface area (Å²) in [5.41, 5.74) is 5.56. The predicted octanol–water partition coefficient (Wildman–Crippen LogP) is 1.39. The maximum Gasteiger partial charge on any atom is 0.0194 e. The third-order valence-electron chi connectivity index (χ3n) is 3.63. The van der Waals surface area contributed by atoms with Crippen LogP contribution in [-0.4, -0.2) is 55.6 Å². The number of nitrogens with two attached hydrogens (primary N) is 1. The average molecular weight is 227 g/mol. The first-order valence-corrected chi connectivity index (χ1v) is 6.76. The molecule has 16 heavy (non-hydrogen) atoms. The summed E-state index contributed by atoms with van der Waals surface area (Å²) in [4.78, 5) is 5.11. The fourth-order valence-electron chi connectivity index (χ4n) is 2.65. The number of nitrogens with zero attached hydrogens (tertiary/aromatic N) is 2. The van der Waals surface area contributed by atoms with Gasteiger partial charge in [-0.2, -0.15) is 0 Å². The molecular weight excluding hydrogens is 198 g/mol. The molecule has 3 nitrogen and oxygen atoms in total. The van der Waals surface area contributed by atoms with Gasteiger partial charge in [0.1, 0.15) is 0 Å². The minimum absolute atomic E-state index is 0.702. The van der Waals surface area contributed by atoms with Gasteiger partial charge in [-0.15, -0.1) is 0 Å². The molecule has 1 aliphatic rings. The quantitative estimate of drug-likeness (QED) is 0.770. The van der Waals surface area contributed by atoms with Gasteiger partial charge in [0.05, 0.1) is 0 Å². The lowest BCUT2D eigenvalue weighted by Crippen LogP contribution is -2.40. The van der Waals surface area contributed by atoms with Crippen LogP contribution in [0.1, 0.15) is 33.1 Å². The van der Waals surface area contributed by atoms with Crippen LogP contribution in [0.2, 0.25) is 0 Å². The van der Waals surface area contributed by atoms with Crippen LogP contribution in [0.5, 0.6) is 0 Å². The topological polar surface area (TPSA) is 32.5 Å². The molecule has 0 saturated carbocycles. The maximum atomic E-state index is 5.56. The molecule has 0 bridgehead atoms. The molecule has 0 aromatic rings. The molecule has 96 valence electrons. The molecule has 3 heteroatoms. The van der Waals surface area contributed by atoms with Crippen LogP contribution >= 0.6 is 0 Å². The summed E-state index contributed by atoms with van der Waals surface area (Å²) in [5, 5.41) is 0. The first-order chi connectivity index (χ1) is 7.63. The minimum Gasteiger partial charge on any atom is -0.330 e. The first-order valence-electron chi connectivity index (χ1n) is 6.76. The molecule has 1 rings (SSSR count). The van der Waals surface area contributed by atoms with Gasteiger partial charge in [-0.05, 0) is 58.8 Å². The normalized spacial score (nSPS) is 26.6. The summed E-state index contributed by atoms with van der Waals surface area (Å²) in [6, 6.07) is 0.702. The van der Waals surface area contributed by atoms with E-state index >= 15 is 0 Å². The summed E-state index contributed by atoms with van der Waals surface area (Å²) in [5.74, 6) is 0.786. The van der Waals surface area contributed by atoms with E-state index in [2.05, 4.69) is 30.7 Å². The lowest BCUT2D eigenvalue weighted by atomic mass is 10.0. The van der Waals surface area contributed by atoms with Crippen LogP contribution in [0, 0.1) is 5.92 Å². The van der Waals surface area contributed by atoms with E-state index in [1.807, 2.05) is 0 Å². The van der Waals surface area contributed by atoms with Crippen molar-refractivity contribution in [2.75, 3.05) is 39.8 Å². The summed E-state index contributed by atoms with van der Waals surface area (Å²) >= 11 is 0. The summed E-state index contributed by atoms with van der Waals surface area (Å²) < 4.78 is 0. The lowest BCUT2D eigenvalue weighted by Gasteiger charge is -2.30. The second-order valence-electron chi connectivity index (χ2n) is 5.50. The summed E-state index contributed by atoms with van der Waals surface area (Å²) in [6.45, 7) is 10.5. The van der Waals surface area contributed by atoms with Crippen molar-refractivity contribution in [3.8, 4) is 0 Å². The van der Waals surface area contributed by atoms with Gasteiger partial charge >= 0.3 is 0 Å².